The quantitative estimate of drug-likeness (QED) is 0.927. The Morgan fingerprint density at radius 3 is 2.95 bits per heavy atom. The molecule has 7 nitrogen and oxygen atoms in total. The lowest BCUT2D eigenvalue weighted by Crippen LogP contribution is -2.13. The molecule has 0 aliphatic carbocycles. The van der Waals surface area contributed by atoms with Gasteiger partial charge in [0.2, 0.25) is 0 Å². The maximum Gasteiger partial charge on any atom is 0.270 e. The highest BCUT2D eigenvalue weighted by Gasteiger charge is 2.11. The molecule has 0 aliphatic heterocycles. The summed E-state index contributed by atoms with van der Waals surface area (Å²) < 4.78 is 5.77. The predicted octanol–water partition coefficient (Wildman–Crippen LogP) is 1.80. The van der Waals surface area contributed by atoms with Crippen molar-refractivity contribution < 1.29 is 9.53 Å². The van der Waals surface area contributed by atoms with E-state index in [1.807, 2.05) is 0 Å². The van der Waals surface area contributed by atoms with E-state index in [1.165, 1.54) is 6.20 Å². The number of rotatable bonds is 4. The Labute approximate surface area is 117 Å². The van der Waals surface area contributed by atoms with E-state index in [-0.39, 0.29) is 11.9 Å². The van der Waals surface area contributed by atoms with Gasteiger partial charge in [0.15, 0.2) is 0 Å². The van der Waals surface area contributed by atoms with Crippen LogP contribution in [0.4, 0.5) is 5.95 Å². The number of tetrazole rings is 1. The van der Waals surface area contributed by atoms with E-state index in [2.05, 4.69) is 43.2 Å². The SMILES string of the molecule is C=Cn1nnc(NC(=O)c2ccc(OC)c(Br)c2)n1. The molecule has 1 aromatic heterocycles. The first-order valence-electron chi connectivity index (χ1n) is 5.21. The number of methoxy groups -OCH3 is 1. The zero-order valence-corrected chi connectivity index (χ0v) is 11.6. The molecule has 1 N–H and O–H groups in total. The Kier molecular flexibility index (Phi) is 3.91. The summed E-state index contributed by atoms with van der Waals surface area (Å²) in [5.41, 5.74) is 0.447. The summed E-state index contributed by atoms with van der Waals surface area (Å²) in [4.78, 5) is 13.1. The Morgan fingerprint density at radius 2 is 2.37 bits per heavy atom. The van der Waals surface area contributed by atoms with Crippen LogP contribution in [0.5, 0.6) is 5.75 Å². The number of carbonyl (C=O) groups excluding carboxylic acids is 1. The van der Waals surface area contributed by atoms with Gasteiger partial charge in [-0.15, -0.1) is 9.90 Å². The second kappa shape index (κ2) is 5.61. The van der Waals surface area contributed by atoms with Crippen LogP contribution in [0.2, 0.25) is 0 Å². The molecular formula is C11H10BrN5O2. The van der Waals surface area contributed by atoms with Gasteiger partial charge in [0, 0.05) is 11.8 Å². The van der Waals surface area contributed by atoms with E-state index < -0.39 is 0 Å². The molecule has 1 aromatic carbocycles. The molecule has 1 heterocycles. The molecule has 2 rings (SSSR count). The van der Waals surface area contributed by atoms with Crippen molar-refractivity contribution in [3.63, 3.8) is 0 Å². The van der Waals surface area contributed by atoms with Gasteiger partial charge in [0.1, 0.15) is 5.75 Å². The number of nitrogens with zero attached hydrogens (tertiary/aromatic N) is 4. The third-order valence-corrected chi connectivity index (χ3v) is 2.85. The average molecular weight is 324 g/mol. The normalized spacial score (nSPS) is 10.0. The second-order valence-corrected chi connectivity index (χ2v) is 4.27. The Hall–Kier alpha value is -2.22. The third kappa shape index (κ3) is 2.97. The van der Waals surface area contributed by atoms with Crippen molar-refractivity contribution in [2.45, 2.75) is 0 Å². The van der Waals surface area contributed by atoms with Gasteiger partial charge < -0.3 is 4.74 Å². The van der Waals surface area contributed by atoms with Gasteiger partial charge in [-0.3, -0.25) is 10.1 Å². The minimum absolute atomic E-state index is 0.108. The molecule has 8 heteroatoms. The monoisotopic (exact) mass is 323 g/mol. The maximum absolute atomic E-state index is 11.9. The molecule has 0 unspecified atom stereocenters. The fraction of sp³-hybridized carbons (Fsp3) is 0.0909. The van der Waals surface area contributed by atoms with Crippen molar-refractivity contribution in [2.24, 2.45) is 0 Å². The highest BCUT2D eigenvalue weighted by Crippen LogP contribution is 2.25. The summed E-state index contributed by atoms with van der Waals surface area (Å²) in [7, 11) is 1.55. The number of benzene rings is 1. The van der Waals surface area contributed by atoms with Crippen LogP contribution < -0.4 is 10.1 Å². The van der Waals surface area contributed by atoms with E-state index in [1.54, 1.807) is 25.3 Å². The van der Waals surface area contributed by atoms with Crippen LogP contribution in [0.1, 0.15) is 10.4 Å². The van der Waals surface area contributed by atoms with Crippen molar-refractivity contribution in [3.8, 4) is 5.75 Å². The fourth-order valence-electron chi connectivity index (χ4n) is 1.33. The molecule has 2 aromatic rings. The molecule has 0 saturated carbocycles. The van der Waals surface area contributed by atoms with E-state index in [9.17, 15) is 4.79 Å². The smallest absolute Gasteiger partial charge is 0.270 e. The number of ether oxygens (including phenoxy) is 1. The number of hydrogen-bond acceptors (Lipinski definition) is 5. The Balaban J connectivity index is 2.15. The Morgan fingerprint density at radius 1 is 1.58 bits per heavy atom. The van der Waals surface area contributed by atoms with Crippen LogP contribution in [0, 0.1) is 0 Å². The molecule has 0 bridgehead atoms. The van der Waals surface area contributed by atoms with Crippen molar-refractivity contribution in [2.75, 3.05) is 12.4 Å². The van der Waals surface area contributed by atoms with Gasteiger partial charge >= 0.3 is 0 Å². The highest BCUT2D eigenvalue weighted by atomic mass is 79.9. The molecule has 19 heavy (non-hydrogen) atoms. The predicted molar refractivity (Wildman–Crippen MR) is 72.9 cm³/mol. The van der Waals surface area contributed by atoms with Crippen LogP contribution in [0.3, 0.4) is 0 Å². The molecule has 0 saturated heterocycles. The number of hydrogen-bond donors (Lipinski definition) is 1. The van der Waals surface area contributed by atoms with Crippen LogP contribution in [0.25, 0.3) is 6.20 Å². The lowest BCUT2D eigenvalue weighted by atomic mass is 10.2. The highest BCUT2D eigenvalue weighted by molar-refractivity contribution is 9.10. The molecule has 0 atom stereocenters. The van der Waals surface area contributed by atoms with E-state index in [0.29, 0.717) is 15.8 Å². The molecule has 98 valence electrons. The van der Waals surface area contributed by atoms with E-state index >= 15 is 0 Å². The van der Waals surface area contributed by atoms with E-state index in [0.717, 1.165) is 4.80 Å². The molecule has 0 radical (unpaired) electrons. The first kappa shape index (κ1) is 13.2. The largest absolute Gasteiger partial charge is 0.496 e. The number of amides is 1. The minimum Gasteiger partial charge on any atom is -0.496 e. The number of aromatic nitrogens is 4. The summed E-state index contributed by atoms with van der Waals surface area (Å²) >= 11 is 3.31. The van der Waals surface area contributed by atoms with Crippen LogP contribution in [-0.4, -0.2) is 33.2 Å². The summed E-state index contributed by atoms with van der Waals surface area (Å²) in [5, 5.41) is 13.7. The van der Waals surface area contributed by atoms with Gasteiger partial charge in [0.05, 0.1) is 11.6 Å². The second-order valence-electron chi connectivity index (χ2n) is 3.42. The first-order valence-corrected chi connectivity index (χ1v) is 6.00. The number of anilines is 1. The van der Waals surface area contributed by atoms with Crippen LogP contribution in [0.15, 0.2) is 29.3 Å². The molecular weight excluding hydrogens is 314 g/mol. The lowest BCUT2D eigenvalue weighted by Gasteiger charge is -2.05. The lowest BCUT2D eigenvalue weighted by molar-refractivity contribution is 0.102. The first-order chi connectivity index (χ1) is 9.13. The standard InChI is InChI=1S/C11H10BrN5O2/c1-3-17-15-11(14-16-17)13-10(18)7-4-5-9(19-2)8(12)6-7/h3-6H,1H2,2H3,(H,13,15,18). The topological polar surface area (TPSA) is 81.9 Å². The Bertz CT molecular complexity index is 625. The molecule has 1 amide bonds. The van der Waals surface area contributed by atoms with E-state index in [4.69, 9.17) is 4.74 Å². The van der Waals surface area contributed by atoms with Gasteiger partial charge in [-0.1, -0.05) is 11.7 Å². The molecule has 0 spiro atoms. The van der Waals surface area contributed by atoms with Crippen LogP contribution in [-0.2, 0) is 0 Å². The van der Waals surface area contributed by atoms with Crippen LogP contribution >= 0.6 is 15.9 Å². The van der Waals surface area contributed by atoms with Crippen molar-refractivity contribution in [3.05, 3.63) is 34.8 Å². The van der Waals surface area contributed by atoms with Gasteiger partial charge in [-0.25, -0.2) is 0 Å². The van der Waals surface area contributed by atoms with Crippen molar-refractivity contribution in [1.82, 2.24) is 20.2 Å². The molecule has 0 fully saturated rings. The summed E-state index contributed by atoms with van der Waals surface area (Å²) in [6, 6.07) is 4.97. The van der Waals surface area contributed by atoms with Crippen molar-refractivity contribution in [1.29, 1.82) is 0 Å². The zero-order valence-electron chi connectivity index (χ0n) is 10.00. The number of carbonyl (C=O) groups is 1. The summed E-state index contributed by atoms with van der Waals surface area (Å²) in [5.74, 6) is 0.413. The fourth-order valence-corrected chi connectivity index (χ4v) is 1.87. The number of nitrogens with one attached hydrogen (secondary N) is 1. The maximum atomic E-state index is 11.9. The third-order valence-electron chi connectivity index (χ3n) is 2.23. The average Bonchev–Trinajstić information content (AvgIpc) is 2.86. The summed E-state index contributed by atoms with van der Waals surface area (Å²) in [6.45, 7) is 3.48. The zero-order chi connectivity index (χ0) is 13.8. The van der Waals surface area contributed by atoms with Gasteiger partial charge in [-0.05, 0) is 39.3 Å². The van der Waals surface area contributed by atoms with Gasteiger partial charge in [-0.2, -0.15) is 0 Å². The number of halogens is 1. The molecule has 0 aliphatic rings. The van der Waals surface area contributed by atoms with Crippen molar-refractivity contribution >= 4 is 34.0 Å². The van der Waals surface area contributed by atoms with Gasteiger partial charge in [0.25, 0.3) is 11.9 Å². The minimum atomic E-state index is -0.341. The summed E-state index contributed by atoms with van der Waals surface area (Å²) in [6.07, 6.45) is 1.37.